The molecule has 0 unspecified atom stereocenters. The average molecular weight is 320 g/mol. The van der Waals surface area contributed by atoms with E-state index in [9.17, 15) is 0 Å². The second kappa shape index (κ2) is 7.33. The summed E-state index contributed by atoms with van der Waals surface area (Å²) < 4.78 is 15.5. The molecule has 0 bridgehead atoms. The number of nitrogens with zero attached hydrogens (tertiary/aromatic N) is 2. The maximum atomic E-state index is 6.13. The zero-order valence-electron chi connectivity index (χ0n) is 11.3. The van der Waals surface area contributed by atoms with E-state index >= 15 is 0 Å². The number of methoxy groups -OCH3 is 2. The summed E-state index contributed by atoms with van der Waals surface area (Å²) in [5.41, 5.74) is 0.703. The number of hydrogen-bond donors (Lipinski definition) is 1. The van der Waals surface area contributed by atoms with Crippen LogP contribution in [0.4, 0.5) is 0 Å². The molecule has 0 aliphatic rings. The molecule has 20 heavy (non-hydrogen) atoms. The van der Waals surface area contributed by atoms with Crippen molar-refractivity contribution in [1.82, 2.24) is 15.5 Å². The van der Waals surface area contributed by atoms with E-state index in [4.69, 9.17) is 25.6 Å². The Bertz CT molecular complexity index is 575. The summed E-state index contributed by atoms with van der Waals surface area (Å²) in [7, 11) is 4.88. The smallest absolute Gasteiger partial charge is 0.240 e. The molecule has 2 aromatic rings. The summed E-state index contributed by atoms with van der Waals surface area (Å²) in [6.45, 7) is 0.508. The maximum Gasteiger partial charge on any atom is 0.240 e. The van der Waals surface area contributed by atoms with Crippen LogP contribution in [0, 0.1) is 0 Å². The topological polar surface area (TPSA) is 69.4 Å². The number of hydrogen-bond acceptors (Lipinski definition) is 6. The van der Waals surface area contributed by atoms with Crippen LogP contribution in [0.15, 0.2) is 16.7 Å². The van der Waals surface area contributed by atoms with Crippen molar-refractivity contribution in [1.29, 1.82) is 0 Å². The molecule has 8 heteroatoms. The van der Waals surface area contributed by atoms with Gasteiger partial charge in [-0.2, -0.15) is 4.98 Å². The number of aromatic nitrogens is 2. The fraction of sp³-hybridized carbons (Fsp3) is 0.333. The Balaban J connectivity index is 0.00000200. The molecule has 0 atom stereocenters. The van der Waals surface area contributed by atoms with Crippen molar-refractivity contribution < 1.29 is 14.0 Å². The van der Waals surface area contributed by atoms with E-state index in [1.807, 2.05) is 0 Å². The molecule has 2 rings (SSSR count). The molecule has 0 spiro atoms. The highest BCUT2D eigenvalue weighted by molar-refractivity contribution is 6.32. The van der Waals surface area contributed by atoms with E-state index in [-0.39, 0.29) is 12.4 Å². The highest BCUT2D eigenvalue weighted by atomic mass is 35.5. The predicted octanol–water partition coefficient (Wildman–Crippen LogP) is 2.55. The van der Waals surface area contributed by atoms with Gasteiger partial charge < -0.3 is 19.3 Å². The first kappa shape index (κ1) is 16.6. The van der Waals surface area contributed by atoms with E-state index in [0.29, 0.717) is 40.3 Å². The summed E-state index contributed by atoms with van der Waals surface area (Å²) in [6, 6.07) is 3.45. The van der Waals surface area contributed by atoms with Crippen molar-refractivity contribution in [2.24, 2.45) is 0 Å². The number of nitrogens with one attached hydrogen (secondary N) is 1. The van der Waals surface area contributed by atoms with Crippen LogP contribution in [0.2, 0.25) is 5.02 Å². The fourth-order valence-electron chi connectivity index (χ4n) is 1.64. The van der Waals surface area contributed by atoms with Gasteiger partial charge in [-0.1, -0.05) is 16.8 Å². The van der Waals surface area contributed by atoms with E-state index < -0.39 is 0 Å². The molecule has 1 aromatic heterocycles. The number of rotatable bonds is 5. The minimum absolute atomic E-state index is 0. The lowest BCUT2D eigenvalue weighted by Gasteiger charge is -2.10. The molecular weight excluding hydrogens is 305 g/mol. The summed E-state index contributed by atoms with van der Waals surface area (Å²) in [4.78, 5) is 4.25. The summed E-state index contributed by atoms with van der Waals surface area (Å²) in [5, 5.41) is 7.26. The van der Waals surface area contributed by atoms with Crippen LogP contribution in [0.1, 0.15) is 5.89 Å². The minimum atomic E-state index is 0. The van der Waals surface area contributed by atoms with Gasteiger partial charge in [0.15, 0.2) is 11.5 Å². The Morgan fingerprint density at radius 3 is 2.65 bits per heavy atom. The first-order valence-corrected chi connectivity index (χ1v) is 5.96. The van der Waals surface area contributed by atoms with Crippen LogP contribution in [0.5, 0.6) is 11.5 Å². The van der Waals surface area contributed by atoms with Gasteiger partial charge in [-0.3, -0.25) is 0 Å². The second-order valence-corrected chi connectivity index (χ2v) is 4.14. The predicted molar refractivity (Wildman–Crippen MR) is 77.9 cm³/mol. The van der Waals surface area contributed by atoms with Gasteiger partial charge in [0.05, 0.1) is 25.8 Å². The average Bonchev–Trinajstić information content (AvgIpc) is 2.86. The summed E-state index contributed by atoms with van der Waals surface area (Å²) >= 11 is 6.13. The number of halogens is 2. The van der Waals surface area contributed by atoms with Gasteiger partial charge in [-0.25, -0.2) is 0 Å². The molecule has 1 heterocycles. The first-order chi connectivity index (χ1) is 9.19. The van der Waals surface area contributed by atoms with Gasteiger partial charge in [0.25, 0.3) is 0 Å². The van der Waals surface area contributed by atoms with Crippen molar-refractivity contribution in [3.8, 4) is 22.9 Å². The highest BCUT2D eigenvalue weighted by Gasteiger charge is 2.15. The van der Waals surface area contributed by atoms with E-state index in [0.717, 1.165) is 0 Å². The SMILES string of the molecule is CNCc1nc(-c2cc(Cl)c(OC)c(OC)c2)no1.Cl. The van der Waals surface area contributed by atoms with Crippen LogP contribution in [0.3, 0.4) is 0 Å². The molecule has 0 saturated carbocycles. The molecule has 1 N–H and O–H groups in total. The molecule has 0 aliphatic carbocycles. The normalized spacial score (nSPS) is 10.0. The molecular formula is C12H15Cl2N3O3. The molecule has 0 saturated heterocycles. The third-order valence-corrected chi connectivity index (χ3v) is 2.77. The van der Waals surface area contributed by atoms with Gasteiger partial charge in [0, 0.05) is 5.56 Å². The lowest BCUT2D eigenvalue weighted by molar-refractivity contribution is 0.355. The van der Waals surface area contributed by atoms with Crippen molar-refractivity contribution in [2.75, 3.05) is 21.3 Å². The lowest BCUT2D eigenvalue weighted by Crippen LogP contribution is -2.04. The molecule has 110 valence electrons. The van der Waals surface area contributed by atoms with E-state index in [2.05, 4.69) is 15.5 Å². The van der Waals surface area contributed by atoms with Crippen LogP contribution < -0.4 is 14.8 Å². The van der Waals surface area contributed by atoms with Crippen LogP contribution in [0.25, 0.3) is 11.4 Å². The number of benzene rings is 1. The lowest BCUT2D eigenvalue weighted by atomic mass is 10.2. The van der Waals surface area contributed by atoms with Crippen molar-refractivity contribution in [2.45, 2.75) is 6.54 Å². The zero-order valence-corrected chi connectivity index (χ0v) is 12.8. The van der Waals surface area contributed by atoms with Gasteiger partial charge in [-0.05, 0) is 19.2 Å². The van der Waals surface area contributed by atoms with Crippen molar-refractivity contribution >= 4 is 24.0 Å². The van der Waals surface area contributed by atoms with Gasteiger partial charge in [0.2, 0.25) is 11.7 Å². The molecule has 1 aromatic carbocycles. The Morgan fingerprint density at radius 1 is 1.30 bits per heavy atom. The highest BCUT2D eigenvalue weighted by Crippen LogP contribution is 2.38. The Hall–Kier alpha value is -1.50. The summed E-state index contributed by atoms with van der Waals surface area (Å²) in [6.07, 6.45) is 0. The van der Waals surface area contributed by atoms with Crippen LogP contribution in [-0.2, 0) is 6.54 Å². The molecule has 0 fully saturated rings. The standard InChI is InChI=1S/C12H14ClN3O3.ClH/c1-14-6-10-15-12(16-19-10)7-4-8(13)11(18-3)9(5-7)17-2;/h4-5,14H,6H2,1-3H3;1H. The quantitative estimate of drug-likeness (QED) is 0.913. The maximum absolute atomic E-state index is 6.13. The largest absolute Gasteiger partial charge is 0.493 e. The van der Waals surface area contributed by atoms with E-state index in [1.165, 1.54) is 7.11 Å². The fourth-order valence-corrected chi connectivity index (χ4v) is 1.93. The monoisotopic (exact) mass is 319 g/mol. The number of ether oxygens (including phenoxy) is 2. The van der Waals surface area contributed by atoms with Crippen LogP contribution >= 0.6 is 24.0 Å². The summed E-state index contributed by atoms with van der Waals surface area (Å²) in [5.74, 6) is 1.95. The Labute approximate surface area is 127 Å². The van der Waals surface area contributed by atoms with Crippen molar-refractivity contribution in [3.05, 3.63) is 23.0 Å². The zero-order chi connectivity index (χ0) is 13.8. The Kier molecular flexibility index (Phi) is 6.06. The van der Waals surface area contributed by atoms with Gasteiger partial charge in [-0.15, -0.1) is 12.4 Å². The van der Waals surface area contributed by atoms with Gasteiger partial charge in [0.1, 0.15) is 0 Å². The second-order valence-electron chi connectivity index (χ2n) is 3.74. The first-order valence-electron chi connectivity index (χ1n) is 5.58. The van der Waals surface area contributed by atoms with Gasteiger partial charge >= 0.3 is 0 Å². The minimum Gasteiger partial charge on any atom is -0.493 e. The van der Waals surface area contributed by atoms with Crippen LogP contribution in [-0.4, -0.2) is 31.4 Å². The molecule has 0 aliphatic heterocycles. The third-order valence-electron chi connectivity index (χ3n) is 2.49. The molecule has 0 amide bonds. The van der Waals surface area contributed by atoms with Crippen molar-refractivity contribution in [3.63, 3.8) is 0 Å². The third kappa shape index (κ3) is 3.33. The molecule has 0 radical (unpaired) electrons. The van der Waals surface area contributed by atoms with E-state index in [1.54, 1.807) is 26.3 Å². The molecule has 6 nitrogen and oxygen atoms in total. The Morgan fingerprint density at radius 2 is 2.05 bits per heavy atom.